The van der Waals surface area contributed by atoms with Gasteiger partial charge in [-0.2, -0.15) is 0 Å². The minimum absolute atomic E-state index is 0.387. The van der Waals surface area contributed by atoms with Crippen molar-refractivity contribution in [3.05, 3.63) is 66.2 Å². The molecule has 2 aromatic carbocycles. The van der Waals surface area contributed by atoms with E-state index in [0.29, 0.717) is 11.3 Å². The molecule has 21 heavy (non-hydrogen) atoms. The van der Waals surface area contributed by atoms with Gasteiger partial charge in [-0.1, -0.05) is 48.5 Å². The molecule has 0 saturated carbocycles. The summed E-state index contributed by atoms with van der Waals surface area (Å²) in [4.78, 5) is 10.7. The normalized spacial score (nSPS) is 16.6. The molecule has 0 bridgehead atoms. The minimum Gasteiger partial charge on any atom is -0.425 e. The van der Waals surface area contributed by atoms with Gasteiger partial charge in [-0.15, -0.1) is 11.6 Å². The van der Waals surface area contributed by atoms with Crippen LogP contribution in [0.5, 0.6) is 5.75 Å². The Labute approximate surface area is 129 Å². The van der Waals surface area contributed by atoms with Crippen LogP contribution in [0, 0.1) is 0 Å². The highest BCUT2D eigenvalue weighted by atomic mass is 35.5. The smallest absolute Gasteiger partial charge is 0.335 e. The molecule has 0 aromatic heterocycles. The van der Waals surface area contributed by atoms with Gasteiger partial charge in [-0.05, 0) is 31.5 Å². The zero-order valence-corrected chi connectivity index (χ0v) is 12.7. The van der Waals surface area contributed by atoms with Gasteiger partial charge in [0.05, 0.1) is 0 Å². The first-order valence-electron chi connectivity index (χ1n) is 6.60. The van der Waals surface area contributed by atoms with E-state index < -0.39 is 16.4 Å². The Balaban J connectivity index is 2.26. The molecule has 0 heterocycles. The number of hydrogen-bond acceptors (Lipinski definition) is 3. The van der Waals surface area contributed by atoms with Crippen molar-refractivity contribution in [1.82, 2.24) is 0 Å². The molecular formula is C17H17ClO3. The van der Waals surface area contributed by atoms with Crippen molar-refractivity contribution < 1.29 is 14.6 Å². The summed E-state index contributed by atoms with van der Waals surface area (Å²) in [6, 6.07) is 17.5. The maximum Gasteiger partial charge on any atom is 0.335 e. The van der Waals surface area contributed by atoms with Crippen LogP contribution in [0.4, 0.5) is 0 Å². The van der Waals surface area contributed by atoms with Gasteiger partial charge in [0.2, 0.25) is 0 Å². The van der Waals surface area contributed by atoms with Crippen LogP contribution in [0.15, 0.2) is 60.7 Å². The summed E-state index contributed by atoms with van der Waals surface area (Å²) >= 11 is 6.34. The summed E-state index contributed by atoms with van der Waals surface area (Å²) in [7, 11) is 0. The lowest BCUT2D eigenvalue weighted by Crippen LogP contribution is -2.51. The quantitative estimate of drug-likeness (QED) is 0.534. The van der Waals surface area contributed by atoms with Crippen LogP contribution in [0.1, 0.15) is 19.4 Å². The van der Waals surface area contributed by atoms with Crippen LogP contribution in [0.25, 0.3) is 0 Å². The summed E-state index contributed by atoms with van der Waals surface area (Å²) in [6.07, 6.45) is 0. The number of rotatable bonds is 4. The molecule has 1 N–H and O–H groups in total. The number of aliphatic hydroxyl groups is 1. The van der Waals surface area contributed by atoms with Crippen molar-refractivity contribution in [1.29, 1.82) is 0 Å². The van der Waals surface area contributed by atoms with Crippen molar-refractivity contribution in [3.8, 4) is 5.75 Å². The van der Waals surface area contributed by atoms with Gasteiger partial charge in [0, 0.05) is 0 Å². The molecule has 0 aliphatic rings. The molecule has 0 aliphatic carbocycles. The maximum atomic E-state index is 12.3. The van der Waals surface area contributed by atoms with Crippen LogP contribution in [0.2, 0.25) is 0 Å². The third-order valence-electron chi connectivity index (χ3n) is 3.59. The van der Waals surface area contributed by atoms with Gasteiger partial charge in [0.1, 0.15) is 11.4 Å². The number of para-hydroxylation sites is 1. The molecule has 4 heteroatoms. The number of ether oxygens (including phenoxy) is 1. The average molecular weight is 305 g/mol. The van der Waals surface area contributed by atoms with E-state index in [1.54, 1.807) is 48.5 Å². The van der Waals surface area contributed by atoms with Gasteiger partial charge in [0.25, 0.3) is 0 Å². The zero-order chi connectivity index (χ0) is 15.5. The molecular weight excluding hydrogens is 288 g/mol. The minimum atomic E-state index is -1.62. The SMILES string of the molecule is CC(Cl)(C(=O)Oc1ccccc1)C(C)(O)c1ccccc1. The van der Waals surface area contributed by atoms with E-state index in [0.717, 1.165) is 0 Å². The first-order chi connectivity index (χ1) is 9.85. The van der Waals surface area contributed by atoms with Crippen LogP contribution in [-0.2, 0) is 10.4 Å². The number of alkyl halides is 1. The molecule has 3 nitrogen and oxygen atoms in total. The van der Waals surface area contributed by atoms with Crippen molar-refractivity contribution in [2.24, 2.45) is 0 Å². The number of benzene rings is 2. The topological polar surface area (TPSA) is 46.5 Å². The Bertz CT molecular complexity index is 606. The molecule has 2 aromatic rings. The van der Waals surface area contributed by atoms with E-state index in [1.165, 1.54) is 13.8 Å². The summed E-state index contributed by atoms with van der Waals surface area (Å²) in [5, 5.41) is 10.7. The van der Waals surface area contributed by atoms with E-state index in [4.69, 9.17) is 16.3 Å². The van der Waals surface area contributed by atoms with Crippen LogP contribution >= 0.6 is 11.6 Å². The third-order valence-corrected chi connectivity index (χ3v) is 4.11. The van der Waals surface area contributed by atoms with Gasteiger partial charge >= 0.3 is 5.97 Å². The third kappa shape index (κ3) is 3.09. The Morgan fingerprint density at radius 2 is 1.48 bits per heavy atom. The van der Waals surface area contributed by atoms with Crippen molar-refractivity contribution in [2.45, 2.75) is 24.3 Å². The number of carbonyl (C=O) groups is 1. The lowest BCUT2D eigenvalue weighted by molar-refractivity contribution is -0.144. The largest absolute Gasteiger partial charge is 0.425 e. The fraction of sp³-hybridized carbons (Fsp3) is 0.235. The van der Waals surface area contributed by atoms with Crippen molar-refractivity contribution >= 4 is 17.6 Å². The second-order valence-corrected chi connectivity index (χ2v) is 5.90. The number of hydrogen-bond donors (Lipinski definition) is 1. The van der Waals surface area contributed by atoms with Gasteiger partial charge in [-0.25, -0.2) is 4.79 Å². The highest BCUT2D eigenvalue weighted by Crippen LogP contribution is 2.38. The van der Waals surface area contributed by atoms with Crippen molar-refractivity contribution in [3.63, 3.8) is 0 Å². The predicted octanol–water partition coefficient (Wildman–Crippen LogP) is 3.50. The fourth-order valence-electron chi connectivity index (χ4n) is 1.92. The van der Waals surface area contributed by atoms with Gasteiger partial charge in [0.15, 0.2) is 4.87 Å². The molecule has 2 unspecified atom stereocenters. The first kappa shape index (κ1) is 15.5. The lowest BCUT2D eigenvalue weighted by Gasteiger charge is -2.36. The number of esters is 1. The predicted molar refractivity (Wildman–Crippen MR) is 82.3 cm³/mol. The van der Waals surface area contributed by atoms with Crippen molar-refractivity contribution in [2.75, 3.05) is 0 Å². The summed E-state index contributed by atoms with van der Waals surface area (Å²) in [6.45, 7) is 2.95. The molecule has 0 saturated heterocycles. The first-order valence-corrected chi connectivity index (χ1v) is 6.97. The summed E-state index contributed by atoms with van der Waals surface area (Å²) in [5.41, 5.74) is -1.02. The monoisotopic (exact) mass is 304 g/mol. The van der Waals surface area contributed by atoms with E-state index in [2.05, 4.69) is 0 Å². The molecule has 0 radical (unpaired) electrons. The molecule has 0 fully saturated rings. The van der Waals surface area contributed by atoms with Crippen LogP contribution < -0.4 is 4.74 Å². The molecule has 110 valence electrons. The van der Waals surface area contributed by atoms with Gasteiger partial charge < -0.3 is 9.84 Å². The highest BCUT2D eigenvalue weighted by molar-refractivity contribution is 6.34. The standard InChI is InChI=1S/C17H17ClO3/c1-16(18,15(19)21-14-11-7-4-8-12-14)17(2,20)13-9-5-3-6-10-13/h3-12,20H,1-2H3. The molecule has 2 atom stereocenters. The van der Waals surface area contributed by atoms with E-state index in [9.17, 15) is 9.90 Å². The molecule has 2 rings (SSSR count). The number of carbonyl (C=O) groups excluding carboxylic acids is 1. The second-order valence-electron chi connectivity index (χ2n) is 5.14. The van der Waals surface area contributed by atoms with Gasteiger partial charge in [-0.3, -0.25) is 0 Å². The fourth-order valence-corrected chi connectivity index (χ4v) is 2.07. The van der Waals surface area contributed by atoms with E-state index >= 15 is 0 Å². The zero-order valence-electron chi connectivity index (χ0n) is 11.9. The Morgan fingerprint density at radius 3 is 2.00 bits per heavy atom. The summed E-state index contributed by atoms with van der Waals surface area (Å²) < 4.78 is 5.26. The van der Waals surface area contributed by atoms with E-state index in [1.807, 2.05) is 12.1 Å². The molecule has 0 aliphatic heterocycles. The van der Waals surface area contributed by atoms with Crippen LogP contribution in [0.3, 0.4) is 0 Å². The Hall–Kier alpha value is -1.84. The number of halogens is 1. The van der Waals surface area contributed by atoms with Crippen LogP contribution in [-0.4, -0.2) is 16.0 Å². The molecule has 0 amide bonds. The maximum absolute atomic E-state index is 12.3. The Kier molecular flexibility index (Phi) is 4.35. The average Bonchev–Trinajstić information content (AvgIpc) is 2.49. The Morgan fingerprint density at radius 1 is 1.00 bits per heavy atom. The molecule has 0 spiro atoms. The lowest BCUT2D eigenvalue weighted by atomic mass is 9.83. The summed E-state index contributed by atoms with van der Waals surface area (Å²) in [5.74, 6) is -0.317. The van der Waals surface area contributed by atoms with E-state index in [-0.39, 0.29) is 0 Å². The second kappa shape index (κ2) is 5.88. The highest BCUT2D eigenvalue weighted by Gasteiger charge is 2.50.